The molecule has 21 heavy (non-hydrogen) atoms. The lowest BCUT2D eigenvalue weighted by atomic mass is 9.76. The highest BCUT2D eigenvalue weighted by atomic mass is 32.1. The van der Waals surface area contributed by atoms with Crippen molar-refractivity contribution in [2.24, 2.45) is 11.1 Å². The van der Waals surface area contributed by atoms with Crippen molar-refractivity contribution in [3.8, 4) is 0 Å². The fraction of sp³-hybridized carbons (Fsp3) is 0.263. The van der Waals surface area contributed by atoms with Crippen LogP contribution in [0, 0.1) is 5.41 Å². The fourth-order valence-corrected chi connectivity index (χ4v) is 3.84. The maximum Gasteiger partial charge on any atom is 0.0349 e. The van der Waals surface area contributed by atoms with Crippen molar-refractivity contribution >= 4 is 21.4 Å². The van der Waals surface area contributed by atoms with E-state index in [2.05, 4.69) is 67.8 Å². The number of benzene rings is 2. The van der Waals surface area contributed by atoms with Gasteiger partial charge in [-0.1, -0.05) is 62.4 Å². The smallest absolute Gasteiger partial charge is 0.0349 e. The minimum absolute atomic E-state index is 0.0190. The fourth-order valence-electron chi connectivity index (χ4n) is 2.88. The number of hydrogen-bond donors (Lipinski definition) is 1. The molecule has 3 aromatic rings. The molecule has 0 spiro atoms. The van der Waals surface area contributed by atoms with E-state index in [0.29, 0.717) is 0 Å². The number of thiophene rings is 1. The van der Waals surface area contributed by atoms with E-state index in [1.54, 1.807) is 0 Å². The lowest BCUT2D eigenvalue weighted by molar-refractivity contribution is 0.288. The zero-order valence-electron chi connectivity index (χ0n) is 12.5. The van der Waals surface area contributed by atoms with Crippen molar-refractivity contribution in [3.05, 3.63) is 71.1 Å². The molecule has 2 aromatic carbocycles. The Morgan fingerprint density at radius 1 is 1.00 bits per heavy atom. The molecule has 108 valence electrons. The van der Waals surface area contributed by atoms with Gasteiger partial charge in [0.05, 0.1) is 0 Å². The Kier molecular flexibility index (Phi) is 3.83. The third-order valence-electron chi connectivity index (χ3n) is 4.21. The third-order valence-corrected chi connectivity index (χ3v) is 5.22. The van der Waals surface area contributed by atoms with Gasteiger partial charge in [0.2, 0.25) is 0 Å². The molecule has 2 N–H and O–H groups in total. The highest BCUT2D eigenvalue weighted by Crippen LogP contribution is 2.37. The van der Waals surface area contributed by atoms with Gasteiger partial charge in [-0.25, -0.2) is 0 Å². The highest BCUT2D eigenvalue weighted by molar-refractivity contribution is 7.17. The van der Waals surface area contributed by atoms with Crippen LogP contribution in [-0.2, 0) is 6.42 Å². The third kappa shape index (κ3) is 2.87. The van der Waals surface area contributed by atoms with E-state index in [1.807, 2.05) is 17.4 Å². The number of hydrogen-bond acceptors (Lipinski definition) is 2. The summed E-state index contributed by atoms with van der Waals surface area (Å²) in [6, 6.07) is 19.1. The van der Waals surface area contributed by atoms with E-state index >= 15 is 0 Å². The van der Waals surface area contributed by atoms with Crippen molar-refractivity contribution in [1.82, 2.24) is 0 Å². The molecule has 0 radical (unpaired) electrons. The van der Waals surface area contributed by atoms with Gasteiger partial charge >= 0.3 is 0 Å². The predicted molar refractivity (Wildman–Crippen MR) is 92.7 cm³/mol. The van der Waals surface area contributed by atoms with E-state index in [9.17, 15) is 0 Å². The van der Waals surface area contributed by atoms with Crippen LogP contribution in [0.4, 0.5) is 0 Å². The SMILES string of the molecule is CC(C)(Cc1csc2ccccc12)C(N)c1ccccc1. The molecule has 0 amide bonds. The summed E-state index contributed by atoms with van der Waals surface area (Å²) in [7, 11) is 0. The monoisotopic (exact) mass is 295 g/mol. The first kappa shape index (κ1) is 14.3. The molecule has 1 nitrogen and oxygen atoms in total. The summed E-state index contributed by atoms with van der Waals surface area (Å²) in [5, 5.41) is 3.65. The number of nitrogens with two attached hydrogens (primary N) is 1. The average Bonchev–Trinajstić information content (AvgIpc) is 2.90. The van der Waals surface area contributed by atoms with Gasteiger partial charge in [-0.3, -0.25) is 0 Å². The maximum absolute atomic E-state index is 6.54. The van der Waals surface area contributed by atoms with Crippen molar-refractivity contribution in [1.29, 1.82) is 0 Å². The Labute approximate surface area is 130 Å². The highest BCUT2D eigenvalue weighted by Gasteiger charge is 2.28. The van der Waals surface area contributed by atoms with Crippen LogP contribution >= 0.6 is 11.3 Å². The summed E-state index contributed by atoms with van der Waals surface area (Å²) in [6.07, 6.45) is 0.993. The topological polar surface area (TPSA) is 26.0 Å². The van der Waals surface area contributed by atoms with Gasteiger partial charge < -0.3 is 5.73 Å². The first-order valence-electron chi connectivity index (χ1n) is 7.33. The van der Waals surface area contributed by atoms with Crippen LogP contribution in [0.1, 0.15) is 31.0 Å². The molecule has 2 heteroatoms. The lowest BCUT2D eigenvalue weighted by Gasteiger charge is -2.32. The van der Waals surface area contributed by atoms with Crippen LogP contribution in [0.25, 0.3) is 10.1 Å². The molecular weight excluding hydrogens is 274 g/mol. The van der Waals surface area contributed by atoms with E-state index in [1.165, 1.54) is 21.2 Å². The zero-order chi connectivity index (χ0) is 14.9. The molecule has 3 rings (SSSR count). The summed E-state index contributed by atoms with van der Waals surface area (Å²) >= 11 is 1.82. The minimum Gasteiger partial charge on any atom is -0.323 e. The Bertz CT molecular complexity index is 727. The van der Waals surface area contributed by atoms with Gasteiger partial charge in [-0.15, -0.1) is 11.3 Å². The van der Waals surface area contributed by atoms with Gasteiger partial charge in [-0.05, 0) is 39.8 Å². The number of rotatable bonds is 4. The second kappa shape index (κ2) is 5.63. The second-order valence-electron chi connectivity index (χ2n) is 6.31. The van der Waals surface area contributed by atoms with Crippen molar-refractivity contribution in [2.75, 3.05) is 0 Å². The minimum atomic E-state index is 0.0190. The van der Waals surface area contributed by atoms with Crippen LogP contribution in [0.2, 0.25) is 0 Å². The summed E-state index contributed by atoms with van der Waals surface area (Å²) in [4.78, 5) is 0. The lowest BCUT2D eigenvalue weighted by Crippen LogP contribution is -2.31. The molecule has 1 unspecified atom stereocenters. The molecule has 0 fully saturated rings. The summed E-state index contributed by atoms with van der Waals surface area (Å²) in [6.45, 7) is 4.52. The van der Waals surface area contributed by atoms with Gasteiger partial charge in [0.25, 0.3) is 0 Å². The Morgan fingerprint density at radius 2 is 1.67 bits per heavy atom. The van der Waals surface area contributed by atoms with Gasteiger partial charge in [0.1, 0.15) is 0 Å². The molecular formula is C19H21NS. The largest absolute Gasteiger partial charge is 0.323 e. The Morgan fingerprint density at radius 3 is 2.43 bits per heavy atom. The quantitative estimate of drug-likeness (QED) is 0.706. The van der Waals surface area contributed by atoms with Crippen LogP contribution < -0.4 is 5.73 Å². The van der Waals surface area contributed by atoms with Crippen LogP contribution in [0.5, 0.6) is 0 Å². The molecule has 0 saturated heterocycles. The normalized spacial score (nSPS) is 13.5. The average molecular weight is 295 g/mol. The van der Waals surface area contributed by atoms with Crippen molar-refractivity contribution in [3.63, 3.8) is 0 Å². The molecule has 1 atom stereocenters. The Balaban J connectivity index is 1.89. The van der Waals surface area contributed by atoms with Gasteiger partial charge in [0.15, 0.2) is 0 Å². The van der Waals surface area contributed by atoms with E-state index in [4.69, 9.17) is 5.73 Å². The Hall–Kier alpha value is -1.64. The van der Waals surface area contributed by atoms with Crippen molar-refractivity contribution < 1.29 is 0 Å². The van der Waals surface area contributed by atoms with Crippen LogP contribution in [0.3, 0.4) is 0 Å². The zero-order valence-corrected chi connectivity index (χ0v) is 13.4. The molecule has 0 saturated carbocycles. The maximum atomic E-state index is 6.54. The molecule has 1 aromatic heterocycles. The second-order valence-corrected chi connectivity index (χ2v) is 7.22. The van der Waals surface area contributed by atoms with E-state index in [0.717, 1.165) is 6.42 Å². The predicted octanol–water partition coefficient (Wildman–Crippen LogP) is 5.17. The summed E-state index contributed by atoms with van der Waals surface area (Å²) in [5.41, 5.74) is 9.18. The number of fused-ring (bicyclic) bond motifs is 1. The van der Waals surface area contributed by atoms with Gasteiger partial charge in [-0.2, -0.15) is 0 Å². The first-order chi connectivity index (χ1) is 10.1. The van der Waals surface area contributed by atoms with Gasteiger partial charge in [0, 0.05) is 10.7 Å². The van der Waals surface area contributed by atoms with Crippen LogP contribution in [-0.4, -0.2) is 0 Å². The standard InChI is InChI=1S/C19H21NS/c1-19(2,18(20)14-8-4-3-5-9-14)12-15-13-21-17-11-7-6-10-16(15)17/h3-11,13,18H,12,20H2,1-2H3. The molecule has 0 aliphatic carbocycles. The molecule has 1 heterocycles. The molecule has 0 aliphatic rings. The summed E-state index contributed by atoms with van der Waals surface area (Å²) in [5.74, 6) is 0. The summed E-state index contributed by atoms with van der Waals surface area (Å²) < 4.78 is 1.36. The van der Waals surface area contributed by atoms with Crippen molar-refractivity contribution in [2.45, 2.75) is 26.3 Å². The van der Waals surface area contributed by atoms with E-state index < -0.39 is 0 Å². The van der Waals surface area contributed by atoms with Crippen LogP contribution in [0.15, 0.2) is 60.0 Å². The molecule has 0 aliphatic heterocycles. The van der Waals surface area contributed by atoms with E-state index in [-0.39, 0.29) is 11.5 Å². The first-order valence-corrected chi connectivity index (χ1v) is 8.21. The molecule has 0 bridgehead atoms.